The van der Waals surface area contributed by atoms with E-state index < -0.39 is 21.3 Å². The van der Waals surface area contributed by atoms with Crippen molar-refractivity contribution in [2.45, 2.75) is 43.3 Å². The van der Waals surface area contributed by atoms with E-state index in [4.69, 9.17) is 0 Å². The summed E-state index contributed by atoms with van der Waals surface area (Å²) in [5.74, 6) is -0.352. The van der Waals surface area contributed by atoms with Crippen LogP contribution in [0.1, 0.15) is 25.7 Å². The van der Waals surface area contributed by atoms with Gasteiger partial charge in [-0.15, -0.1) is 0 Å². The predicted molar refractivity (Wildman–Crippen MR) is 71.9 cm³/mol. The van der Waals surface area contributed by atoms with Crippen molar-refractivity contribution >= 4 is 15.8 Å². The van der Waals surface area contributed by atoms with E-state index in [0.717, 1.165) is 6.42 Å². The molecule has 2 aliphatic rings. The van der Waals surface area contributed by atoms with E-state index in [9.17, 15) is 18.3 Å². The number of aliphatic carboxylic acids is 1. The molecule has 1 heterocycles. The van der Waals surface area contributed by atoms with Crippen LogP contribution in [0.3, 0.4) is 0 Å². The Labute approximate surface area is 114 Å². The molecular weight excluding hydrogens is 268 g/mol. The van der Waals surface area contributed by atoms with Crippen LogP contribution in [0.4, 0.5) is 0 Å². The maximum absolute atomic E-state index is 11.5. The number of nitrogens with one attached hydrogen (secondary N) is 1. The molecule has 110 valence electrons. The Morgan fingerprint density at radius 2 is 2.05 bits per heavy atom. The van der Waals surface area contributed by atoms with Gasteiger partial charge < -0.3 is 10.4 Å². The molecule has 7 heteroatoms. The Balaban J connectivity index is 2.03. The number of hydrogen-bond acceptors (Lipinski definition) is 5. The summed E-state index contributed by atoms with van der Waals surface area (Å²) in [7, 11) is 0.703. The van der Waals surface area contributed by atoms with Gasteiger partial charge in [0.1, 0.15) is 5.54 Å². The van der Waals surface area contributed by atoms with Gasteiger partial charge >= 0.3 is 5.97 Å². The Hall–Kier alpha value is -0.660. The molecule has 0 aromatic heterocycles. The van der Waals surface area contributed by atoms with Gasteiger partial charge in [-0.1, -0.05) is 0 Å². The van der Waals surface area contributed by atoms with Crippen molar-refractivity contribution in [2.24, 2.45) is 0 Å². The molecule has 2 fully saturated rings. The highest BCUT2D eigenvalue weighted by molar-refractivity contribution is 7.91. The van der Waals surface area contributed by atoms with Crippen molar-refractivity contribution in [3.8, 4) is 0 Å². The highest BCUT2D eigenvalue weighted by Crippen LogP contribution is 2.34. The molecule has 1 aliphatic heterocycles. The molecular formula is C12H22N2O4S. The number of sulfone groups is 1. The summed E-state index contributed by atoms with van der Waals surface area (Å²) in [5, 5.41) is 12.3. The third-order valence-electron chi connectivity index (χ3n) is 4.74. The van der Waals surface area contributed by atoms with Gasteiger partial charge in [-0.05, 0) is 39.8 Å². The lowest BCUT2D eigenvalue weighted by atomic mass is 9.97. The molecule has 1 saturated carbocycles. The summed E-state index contributed by atoms with van der Waals surface area (Å²) in [6.45, 7) is 0. The van der Waals surface area contributed by atoms with E-state index in [0.29, 0.717) is 19.3 Å². The number of carboxylic acid groups (broad SMARTS) is 1. The van der Waals surface area contributed by atoms with Gasteiger partial charge in [-0.25, -0.2) is 8.42 Å². The molecule has 0 aromatic carbocycles. The first kappa shape index (κ1) is 14.7. The van der Waals surface area contributed by atoms with E-state index in [1.807, 2.05) is 7.05 Å². The van der Waals surface area contributed by atoms with Crippen LogP contribution in [0.5, 0.6) is 0 Å². The lowest BCUT2D eigenvalue weighted by Crippen LogP contribution is -2.50. The van der Waals surface area contributed by atoms with E-state index in [-0.39, 0.29) is 23.6 Å². The molecule has 1 aliphatic carbocycles. The molecule has 0 radical (unpaired) electrons. The molecule has 6 nitrogen and oxygen atoms in total. The zero-order chi connectivity index (χ0) is 14.3. The van der Waals surface area contributed by atoms with Crippen molar-refractivity contribution in [1.82, 2.24) is 10.2 Å². The van der Waals surface area contributed by atoms with Gasteiger partial charge in [-0.3, -0.25) is 9.69 Å². The molecule has 0 aromatic rings. The minimum Gasteiger partial charge on any atom is -0.480 e. The summed E-state index contributed by atoms with van der Waals surface area (Å²) in [6, 6.07) is 0.179. The van der Waals surface area contributed by atoms with Crippen LogP contribution in [0.25, 0.3) is 0 Å². The van der Waals surface area contributed by atoms with E-state index in [2.05, 4.69) is 10.2 Å². The van der Waals surface area contributed by atoms with E-state index >= 15 is 0 Å². The molecule has 0 amide bonds. The van der Waals surface area contributed by atoms with E-state index in [1.165, 1.54) is 0 Å². The Morgan fingerprint density at radius 3 is 2.47 bits per heavy atom. The fraction of sp³-hybridized carbons (Fsp3) is 0.917. The molecule has 0 spiro atoms. The standard InChI is InChI=1S/C12H22N2O4S/c1-13-12(11(15)16)5-3-9(7-12)14(2)10-4-6-19(17,18)8-10/h9-10,13H,3-8H2,1-2H3,(H,15,16). The first-order valence-corrected chi connectivity index (χ1v) is 8.46. The highest BCUT2D eigenvalue weighted by atomic mass is 32.2. The SMILES string of the molecule is CNC1(C(=O)O)CCC(N(C)C2CCS(=O)(=O)C2)C1. The topological polar surface area (TPSA) is 86.7 Å². The van der Waals surface area contributed by atoms with Crippen molar-refractivity contribution in [3.05, 3.63) is 0 Å². The third-order valence-corrected chi connectivity index (χ3v) is 6.49. The van der Waals surface area contributed by atoms with Crippen LogP contribution in [-0.2, 0) is 14.6 Å². The number of likely N-dealkylation sites (N-methyl/N-ethyl adjacent to an activating group) is 1. The molecule has 3 unspecified atom stereocenters. The van der Waals surface area contributed by atoms with Crippen LogP contribution in [0.2, 0.25) is 0 Å². The van der Waals surface area contributed by atoms with Crippen LogP contribution in [0.15, 0.2) is 0 Å². The molecule has 3 atom stereocenters. The summed E-state index contributed by atoms with van der Waals surface area (Å²) in [6.07, 6.45) is 2.58. The van der Waals surface area contributed by atoms with E-state index in [1.54, 1.807) is 7.05 Å². The number of rotatable bonds is 4. The number of carboxylic acids is 1. The normalized spacial score (nSPS) is 37.8. The summed E-state index contributed by atoms with van der Waals surface area (Å²) in [5.41, 5.74) is -0.851. The maximum Gasteiger partial charge on any atom is 0.323 e. The van der Waals surface area contributed by atoms with Gasteiger partial charge in [0, 0.05) is 12.1 Å². The minimum absolute atomic E-state index is 0.0384. The highest BCUT2D eigenvalue weighted by Gasteiger charge is 2.47. The largest absolute Gasteiger partial charge is 0.480 e. The predicted octanol–water partition coefficient (Wildman–Crippen LogP) is -0.299. The lowest BCUT2D eigenvalue weighted by Gasteiger charge is -2.31. The summed E-state index contributed by atoms with van der Waals surface area (Å²) < 4.78 is 23.0. The number of hydrogen-bond donors (Lipinski definition) is 2. The zero-order valence-corrected chi connectivity index (χ0v) is 12.2. The van der Waals surface area contributed by atoms with Crippen molar-refractivity contribution in [1.29, 1.82) is 0 Å². The minimum atomic E-state index is -2.89. The first-order chi connectivity index (χ1) is 8.80. The molecule has 1 saturated heterocycles. The van der Waals surface area contributed by atoms with Crippen LogP contribution >= 0.6 is 0 Å². The fourth-order valence-electron chi connectivity index (χ4n) is 3.29. The van der Waals surface area contributed by atoms with Crippen LogP contribution in [0, 0.1) is 0 Å². The molecule has 0 bridgehead atoms. The molecule has 2 N–H and O–H groups in total. The lowest BCUT2D eigenvalue weighted by molar-refractivity contribution is -0.144. The average molecular weight is 290 g/mol. The smallest absolute Gasteiger partial charge is 0.323 e. The van der Waals surface area contributed by atoms with Gasteiger partial charge in [0.15, 0.2) is 9.84 Å². The number of nitrogens with zero attached hydrogens (tertiary/aromatic N) is 1. The zero-order valence-electron chi connectivity index (χ0n) is 11.4. The second-order valence-electron chi connectivity index (χ2n) is 5.76. The Kier molecular flexibility index (Phi) is 3.90. The molecule has 19 heavy (non-hydrogen) atoms. The van der Waals surface area contributed by atoms with Gasteiger partial charge in [-0.2, -0.15) is 0 Å². The monoisotopic (exact) mass is 290 g/mol. The third kappa shape index (κ3) is 2.78. The summed E-state index contributed by atoms with van der Waals surface area (Å²) in [4.78, 5) is 13.4. The Morgan fingerprint density at radius 1 is 1.37 bits per heavy atom. The Bertz CT molecular complexity index is 464. The number of carbonyl (C=O) groups is 1. The first-order valence-electron chi connectivity index (χ1n) is 6.64. The van der Waals surface area contributed by atoms with Gasteiger partial charge in [0.2, 0.25) is 0 Å². The van der Waals surface area contributed by atoms with Crippen molar-refractivity contribution in [3.63, 3.8) is 0 Å². The van der Waals surface area contributed by atoms with Gasteiger partial charge in [0.25, 0.3) is 0 Å². The molecule has 2 rings (SSSR count). The summed E-state index contributed by atoms with van der Waals surface area (Å²) >= 11 is 0. The van der Waals surface area contributed by atoms with Gasteiger partial charge in [0.05, 0.1) is 11.5 Å². The quantitative estimate of drug-likeness (QED) is 0.739. The fourth-order valence-corrected chi connectivity index (χ4v) is 5.08. The van der Waals surface area contributed by atoms with Crippen LogP contribution < -0.4 is 5.32 Å². The van der Waals surface area contributed by atoms with Crippen LogP contribution in [-0.4, -0.2) is 67.6 Å². The maximum atomic E-state index is 11.5. The second-order valence-corrected chi connectivity index (χ2v) is 7.98. The van der Waals surface area contributed by atoms with Crippen molar-refractivity contribution < 1.29 is 18.3 Å². The second kappa shape index (κ2) is 5.03. The van der Waals surface area contributed by atoms with Crippen molar-refractivity contribution in [2.75, 3.05) is 25.6 Å². The average Bonchev–Trinajstić information content (AvgIpc) is 2.92.